The van der Waals surface area contributed by atoms with Crippen LogP contribution in [0.3, 0.4) is 0 Å². The Morgan fingerprint density at radius 3 is 2.32 bits per heavy atom. The van der Waals surface area contributed by atoms with Gasteiger partial charge in [-0.2, -0.15) is 0 Å². The number of nitro benzene ring substituents is 1. The van der Waals surface area contributed by atoms with Gasteiger partial charge in [-0.15, -0.1) is 0 Å². The molecule has 0 aromatic heterocycles. The maximum Gasteiger partial charge on any atom is 0.270 e. The molecule has 0 amide bonds. The molecule has 0 aliphatic carbocycles. The molecule has 1 N–H and O–H groups in total. The van der Waals surface area contributed by atoms with Crippen LogP contribution in [0.5, 0.6) is 5.75 Å². The van der Waals surface area contributed by atoms with Crippen LogP contribution in [0.25, 0.3) is 0 Å². The molecule has 0 unspecified atom stereocenters. The third-order valence-corrected chi connectivity index (χ3v) is 5.55. The highest BCUT2D eigenvalue weighted by molar-refractivity contribution is 7.92. The van der Waals surface area contributed by atoms with E-state index in [4.69, 9.17) is 4.74 Å². The highest BCUT2D eigenvalue weighted by atomic mass is 32.2. The Kier molecular flexibility index (Phi) is 5.60. The molecule has 0 radical (unpaired) electrons. The normalized spacial score (nSPS) is 11.0. The Hall–Kier alpha value is -3.39. The molecule has 0 spiro atoms. The predicted molar refractivity (Wildman–Crippen MR) is 106 cm³/mol. The molecule has 0 bridgehead atoms. The van der Waals surface area contributed by atoms with Gasteiger partial charge < -0.3 is 4.74 Å². The number of aryl methyl sites for hydroxylation is 1. The minimum absolute atomic E-state index is 0.133. The van der Waals surface area contributed by atoms with Crippen LogP contribution in [0.4, 0.5) is 11.4 Å². The van der Waals surface area contributed by atoms with Gasteiger partial charge in [0.05, 0.1) is 9.82 Å². The molecule has 0 heterocycles. The third kappa shape index (κ3) is 4.66. The van der Waals surface area contributed by atoms with Crippen LogP contribution in [0.15, 0.2) is 77.7 Å². The summed E-state index contributed by atoms with van der Waals surface area (Å²) in [4.78, 5) is 10.2. The molecular weight excluding hydrogens is 380 g/mol. The van der Waals surface area contributed by atoms with Gasteiger partial charge in [-0.05, 0) is 42.3 Å². The fourth-order valence-corrected chi connectivity index (χ4v) is 3.89. The largest absolute Gasteiger partial charge is 0.489 e. The topological polar surface area (TPSA) is 98.5 Å². The first-order valence-electron chi connectivity index (χ1n) is 8.40. The number of hydrogen-bond donors (Lipinski definition) is 1. The summed E-state index contributed by atoms with van der Waals surface area (Å²) in [7, 11) is -3.96. The number of non-ortho nitro benzene ring substituents is 1. The van der Waals surface area contributed by atoms with Crippen molar-refractivity contribution in [2.24, 2.45) is 0 Å². The molecular formula is C20H18N2O5S. The molecule has 144 valence electrons. The SMILES string of the molecule is Cc1ccc([N+](=O)[O-])cc1S(=O)(=O)Nc1ccc(OCc2ccccc2)cc1. The summed E-state index contributed by atoms with van der Waals surface area (Å²) in [5.74, 6) is 0.596. The van der Waals surface area contributed by atoms with Gasteiger partial charge >= 0.3 is 0 Å². The Morgan fingerprint density at radius 2 is 1.68 bits per heavy atom. The first-order chi connectivity index (χ1) is 13.3. The van der Waals surface area contributed by atoms with E-state index in [9.17, 15) is 18.5 Å². The lowest BCUT2D eigenvalue weighted by molar-refractivity contribution is -0.385. The lowest BCUT2D eigenvalue weighted by atomic mass is 10.2. The number of benzene rings is 3. The average molecular weight is 398 g/mol. The molecule has 8 heteroatoms. The fourth-order valence-electron chi connectivity index (χ4n) is 2.56. The predicted octanol–water partition coefficient (Wildman–Crippen LogP) is 4.28. The average Bonchev–Trinajstić information content (AvgIpc) is 2.68. The zero-order valence-electron chi connectivity index (χ0n) is 15.0. The molecule has 3 rings (SSSR count). The summed E-state index contributed by atoms with van der Waals surface area (Å²) >= 11 is 0. The van der Waals surface area contributed by atoms with Crippen molar-refractivity contribution in [1.82, 2.24) is 0 Å². The molecule has 0 fully saturated rings. The zero-order valence-corrected chi connectivity index (χ0v) is 15.8. The van der Waals surface area contributed by atoms with Gasteiger partial charge in [-0.1, -0.05) is 36.4 Å². The Labute approximate surface area is 162 Å². The van der Waals surface area contributed by atoms with E-state index in [0.29, 0.717) is 23.6 Å². The van der Waals surface area contributed by atoms with Crippen molar-refractivity contribution >= 4 is 21.4 Å². The lowest BCUT2D eigenvalue weighted by Crippen LogP contribution is -2.14. The number of nitrogens with zero attached hydrogens (tertiary/aromatic N) is 1. The summed E-state index contributed by atoms with van der Waals surface area (Å²) in [5.41, 5.74) is 1.49. The Balaban J connectivity index is 1.72. The van der Waals surface area contributed by atoms with Gasteiger partial charge in [0.2, 0.25) is 0 Å². The van der Waals surface area contributed by atoms with Gasteiger partial charge in [-0.25, -0.2) is 8.42 Å². The van der Waals surface area contributed by atoms with Crippen molar-refractivity contribution in [2.75, 3.05) is 4.72 Å². The van der Waals surface area contributed by atoms with E-state index in [0.717, 1.165) is 11.6 Å². The molecule has 0 aliphatic heterocycles. The first kappa shape index (κ1) is 19.4. The molecule has 3 aromatic carbocycles. The molecule has 28 heavy (non-hydrogen) atoms. The number of rotatable bonds is 7. The zero-order chi connectivity index (χ0) is 20.1. The van der Waals surface area contributed by atoms with E-state index in [2.05, 4.69) is 4.72 Å². The number of hydrogen-bond acceptors (Lipinski definition) is 5. The van der Waals surface area contributed by atoms with E-state index in [-0.39, 0.29) is 10.6 Å². The highest BCUT2D eigenvalue weighted by Gasteiger charge is 2.20. The van der Waals surface area contributed by atoms with Crippen LogP contribution in [0.1, 0.15) is 11.1 Å². The minimum atomic E-state index is -3.96. The summed E-state index contributed by atoms with van der Waals surface area (Å²) in [6, 6.07) is 19.9. The quantitative estimate of drug-likeness (QED) is 0.473. The van der Waals surface area contributed by atoms with Gasteiger partial charge in [-0.3, -0.25) is 14.8 Å². The van der Waals surface area contributed by atoms with Crippen molar-refractivity contribution in [3.63, 3.8) is 0 Å². The van der Waals surface area contributed by atoms with Crippen molar-refractivity contribution in [3.05, 3.63) is 94.0 Å². The van der Waals surface area contributed by atoms with Gasteiger partial charge in [0.1, 0.15) is 12.4 Å². The van der Waals surface area contributed by atoms with Crippen molar-refractivity contribution < 1.29 is 18.1 Å². The van der Waals surface area contributed by atoms with E-state index < -0.39 is 14.9 Å². The summed E-state index contributed by atoms with van der Waals surface area (Å²) in [6.45, 7) is 1.98. The van der Waals surface area contributed by atoms with Crippen LogP contribution in [0, 0.1) is 17.0 Å². The monoisotopic (exact) mass is 398 g/mol. The third-order valence-electron chi connectivity index (χ3n) is 4.03. The molecule has 0 saturated heterocycles. The molecule has 0 saturated carbocycles. The summed E-state index contributed by atoms with van der Waals surface area (Å²) in [6.07, 6.45) is 0. The summed E-state index contributed by atoms with van der Waals surface area (Å²) < 4.78 is 33.4. The van der Waals surface area contributed by atoms with Crippen LogP contribution in [-0.2, 0) is 16.6 Å². The number of nitro groups is 1. The van der Waals surface area contributed by atoms with E-state index >= 15 is 0 Å². The van der Waals surface area contributed by atoms with Crippen molar-refractivity contribution in [2.45, 2.75) is 18.4 Å². The van der Waals surface area contributed by atoms with Gasteiger partial charge in [0.25, 0.3) is 15.7 Å². The second-order valence-corrected chi connectivity index (χ2v) is 7.76. The first-order valence-corrected chi connectivity index (χ1v) is 9.88. The number of nitrogens with one attached hydrogen (secondary N) is 1. The number of anilines is 1. The van der Waals surface area contributed by atoms with E-state index in [1.54, 1.807) is 31.2 Å². The maximum absolute atomic E-state index is 12.6. The molecule has 0 atom stereocenters. The Morgan fingerprint density at radius 1 is 1.00 bits per heavy atom. The summed E-state index contributed by atoms with van der Waals surface area (Å²) in [5, 5.41) is 10.9. The second kappa shape index (κ2) is 8.10. The maximum atomic E-state index is 12.6. The van der Waals surface area contributed by atoms with E-state index in [1.165, 1.54) is 12.1 Å². The molecule has 0 aliphatic rings. The highest BCUT2D eigenvalue weighted by Crippen LogP contribution is 2.25. The van der Waals surface area contributed by atoms with Crippen LogP contribution in [-0.4, -0.2) is 13.3 Å². The number of sulfonamides is 1. The lowest BCUT2D eigenvalue weighted by Gasteiger charge is -2.11. The van der Waals surface area contributed by atoms with Crippen molar-refractivity contribution in [3.8, 4) is 5.75 Å². The van der Waals surface area contributed by atoms with Crippen LogP contribution < -0.4 is 9.46 Å². The molecule has 7 nitrogen and oxygen atoms in total. The fraction of sp³-hybridized carbons (Fsp3) is 0.100. The second-order valence-electron chi connectivity index (χ2n) is 6.11. The van der Waals surface area contributed by atoms with Crippen LogP contribution in [0.2, 0.25) is 0 Å². The number of ether oxygens (including phenoxy) is 1. The van der Waals surface area contributed by atoms with Gasteiger partial charge in [0.15, 0.2) is 0 Å². The molecule has 3 aromatic rings. The smallest absolute Gasteiger partial charge is 0.270 e. The standard InChI is InChI=1S/C20H18N2O5S/c1-15-7-10-18(22(23)24)13-20(15)28(25,26)21-17-8-11-19(12-9-17)27-14-16-5-3-2-4-6-16/h2-13,21H,14H2,1H3. The van der Waals surface area contributed by atoms with Crippen molar-refractivity contribution in [1.29, 1.82) is 0 Å². The van der Waals surface area contributed by atoms with Gasteiger partial charge in [0, 0.05) is 17.8 Å². The minimum Gasteiger partial charge on any atom is -0.489 e. The van der Waals surface area contributed by atoms with Crippen LogP contribution >= 0.6 is 0 Å². The Bertz CT molecular complexity index is 1080. The van der Waals surface area contributed by atoms with E-state index in [1.807, 2.05) is 30.3 Å².